The largest absolute Gasteiger partial charge is 0.494 e. The Hall–Kier alpha value is -3.29. The van der Waals surface area contributed by atoms with Crippen LogP contribution in [-0.2, 0) is 4.74 Å². The number of aliphatic imine (C=N–C) groups is 1. The van der Waals surface area contributed by atoms with Gasteiger partial charge in [0.25, 0.3) is 0 Å². The lowest BCUT2D eigenvalue weighted by Gasteiger charge is -2.40. The molecule has 1 aromatic heterocycles. The number of rotatable bonds is 7. The number of nitriles is 1. The van der Waals surface area contributed by atoms with E-state index in [0.717, 1.165) is 18.0 Å². The van der Waals surface area contributed by atoms with Crippen molar-refractivity contribution in [2.45, 2.75) is 34.8 Å². The molecule has 1 aliphatic rings. The van der Waals surface area contributed by atoms with Gasteiger partial charge in [0.1, 0.15) is 46.6 Å². The van der Waals surface area contributed by atoms with Crippen LogP contribution < -0.4 is 10.6 Å². The minimum Gasteiger partial charge on any atom is -0.494 e. The average Bonchev–Trinajstić information content (AvgIpc) is 2.85. The van der Waals surface area contributed by atoms with E-state index in [-0.39, 0.29) is 27.7 Å². The Morgan fingerprint density at radius 1 is 1.26 bits per heavy atom. The van der Waals surface area contributed by atoms with Crippen LogP contribution in [0.5, 0.6) is 5.75 Å². The van der Waals surface area contributed by atoms with Crippen molar-refractivity contribution in [2.24, 2.45) is 15.9 Å². The number of hydrogen-bond donors (Lipinski definition) is 4. The van der Waals surface area contributed by atoms with E-state index < -0.39 is 53.8 Å². The molecule has 15 heteroatoms. The van der Waals surface area contributed by atoms with Crippen LogP contribution in [0.4, 0.5) is 13.2 Å². The lowest BCUT2D eigenvalue weighted by Crippen LogP contribution is -2.56. The van der Waals surface area contributed by atoms with Gasteiger partial charge in [-0.15, -0.1) is 10.2 Å². The lowest BCUT2D eigenvalue weighted by molar-refractivity contribution is -0.159. The zero-order valence-corrected chi connectivity index (χ0v) is 18.7. The molecule has 0 amide bonds. The number of ether oxygens (including phenoxy) is 2. The number of benzene rings is 1. The van der Waals surface area contributed by atoms with Crippen molar-refractivity contribution in [2.75, 3.05) is 13.7 Å². The fourth-order valence-corrected chi connectivity index (χ4v) is 4.15. The number of hydrazone groups is 1. The molecule has 1 aliphatic heterocycles. The van der Waals surface area contributed by atoms with Crippen LogP contribution in [0.1, 0.15) is 11.3 Å². The Labute approximate surface area is 200 Å². The van der Waals surface area contributed by atoms with E-state index in [1.54, 1.807) is 0 Å². The number of hydrogen-bond acceptors (Lipinski definition) is 12. The molecule has 3 rings (SSSR count). The van der Waals surface area contributed by atoms with E-state index in [4.69, 9.17) is 20.6 Å². The van der Waals surface area contributed by atoms with Crippen molar-refractivity contribution in [1.82, 2.24) is 10.2 Å². The number of nitrogens with two attached hydrogens (primary N) is 1. The van der Waals surface area contributed by atoms with E-state index in [1.807, 2.05) is 6.07 Å². The first-order chi connectivity index (χ1) is 16.7. The summed E-state index contributed by atoms with van der Waals surface area (Å²) in [6, 6.07) is 3.19. The summed E-state index contributed by atoms with van der Waals surface area (Å²) in [4.78, 5) is 4.04. The van der Waals surface area contributed by atoms with Gasteiger partial charge < -0.3 is 30.6 Å². The van der Waals surface area contributed by atoms with Crippen molar-refractivity contribution in [1.29, 1.82) is 5.26 Å². The van der Waals surface area contributed by atoms with E-state index in [9.17, 15) is 28.5 Å². The first-order valence-electron chi connectivity index (χ1n) is 9.80. The quantitative estimate of drug-likeness (QED) is 0.172. The molecule has 186 valence electrons. The molecule has 2 unspecified atom stereocenters. The van der Waals surface area contributed by atoms with Crippen molar-refractivity contribution in [3.63, 3.8) is 0 Å². The molecule has 0 spiro atoms. The van der Waals surface area contributed by atoms with Gasteiger partial charge in [0.2, 0.25) is 5.69 Å². The maximum absolute atomic E-state index is 13.6. The molecule has 11 nitrogen and oxygen atoms in total. The van der Waals surface area contributed by atoms with Crippen molar-refractivity contribution < 1.29 is 38.0 Å². The summed E-state index contributed by atoms with van der Waals surface area (Å²) < 4.78 is 51.1. The summed E-state index contributed by atoms with van der Waals surface area (Å²) in [5.74, 6) is 0.780. The van der Waals surface area contributed by atoms with Gasteiger partial charge in [0, 0.05) is 17.8 Å². The molecule has 1 aromatic carbocycles. The molecule has 2 aromatic rings. The zero-order valence-electron chi connectivity index (χ0n) is 17.9. The third-order valence-electron chi connectivity index (χ3n) is 4.94. The second-order valence-electron chi connectivity index (χ2n) is 7.07. The molecule has 1 fully saturated rings. The Morgan fingerprint density at radius 3 is 2.51 bits per heavy atom. The summed E-state index contributed by atoms with van der Waals surface area (Å²) in [7, 11) is 1.33. The summed E-state index contributed by atoms with van der Waals surface area (Å²) >= 11 is 0.861. The average molecular weight is 512 g/mol. The highest BCUT2D eigenvalue weighted by atomic mass is 32.2. The molecular formula is C20H19F3N6O5S. The van der Waals surface area contributed by atoms with Gasteiger partial charge in [-0.2, -0.15) is 10.4 Å². The first kappa shape index (κ1) is 26.3. The number of thioether (sulfide) groups is 1. The van der Waals surface area contributed by atoms with Crippen molar-refractivity contribution in [3.05, 3.63) is 46.9 Å². The van der Waals surface area contributed by atoms with E-state index in [1.165, 1.54) is 13.2 Å². The van der Waals surface area contributed by atoms with Crippen LogP contribution >= 0.6 is 11.8 Å². The van der Waals surface area contributed by atoms with Gasteiger partial charge in [-0.1, -0.05) is 11.8 Å². The normalized spacial score (nSPS) is 25.0. The molecule has 2 heterocycles. The Kier molecular flexibility index (Phi) is 8.59. The standard InChI is InChI=1S/C20H19F3N6O5S/c1-33-13-4-15(29-28-11(13)5-24)35-20-19(32)17(18(31)14(7-30)34-20)26-6-12(27-25)8-2-9(21)16(23)10(22)3-8/h2-4,6,14,17-20,30-32H,7,25H2,1H3/t14?,17?,18-,19-,20+/m0/s1. The second kappa shape index (κ2) is 11.4. The van der Waals surface area contributed by atoms with Gasteiger partial charge in [0.15, 0.2) is 23.2 Å². The van der Waals surface area contributed by atoms with Crippen molar-refractivity contribution >= 4 is 23.7 Å². The van der Waals surface area contributed by atoms with Crippen LogP contribution in [0, 0.1) is 28.8 Å². The minimum atomic E-state index is -1.68. The van der Waals surface area contributed by atoms with E-state index in [2.05, 4.69) is 20.3 Å². The molecule has 35 heavy (non-hydrogen) atoms. The Bertz CT molecular complexity index is 1160. The number of aromatic nitrogens is 2. The maximum Gasteiger partial charge on any atom is 0.204 e. The van der Waals surface area contributed by atoms with Gasteiger partial charge >= 0.3 is 0 Å². The minimum absolute atomic E-state index is 0.0598. The van der Waals surface area contributed by atoms with Crippen LogP contribution in [0.3, 0.4) is 0 Å². The van der Waals surface area contributed by atoms with Gasteiger partial charge in [0.05, 0.1) is 13.7 Å². The van der Waals surface area contributed by atoms with Crippen LogP contribution in [0.15, 0.2) is 33.3 Å². The van der Waals surface area contributed by atoms with Gasteiger partial charge in [-0.3, -0.25) is 4.99 Å². The first-order valence-corrected chi connectivity index (χ1v) is 10.7. The third kappa shape index (κ3) is 5.69. The molecule has 0 aliphatic carbocycles. The van der Waals surface area contributed by atoms with Gasteiger partial charge in [-0.25, -0.2) is 13.2 Å². The summed E-state index contributed by atoms with van der Waals surface area (Å²) in [6.45, 7) is -0.633. The predicted molar refractivity (Wildman–Crippen MR) is 116 cm³/mol. The fraction of sp³-hybridized carbons (Fsp3) is 0.350. The summed E-state index contributed by atoms with van der Waals surface area (Å²) in [5, 5.41) is 51.1. The second-order valence-corrected chi connectivity index (χ2v) is 8.19. The van der Waals surface area contributed by atoms with Crippen LogP contribution in [0.2, 0.25) is 0 Å². The number of nitrogens with zero attached hydrogens (tertiary/aromatic N) is 5. The molecule has 1 saturated heterocycles. The molecule has 5 N–H and O–H groups in total. The van der Waals surface area contributed by atoms with Crippen LogP contribution in [-0.4, -0.2) is 80.9 Å². The highest BCUT2D eigenvalue weighted by molar-refractivity contribution is 7.99. The molecular weight excluding hydrogens is 493 g/mol. The topological polar surface area (TPSA) is 179 Å². The van der Waals surface area contributed by atoms with Gasteiger partial charge in [-0.05, 0) is 12.1 Å². The summed E-state index contributed by atoms with van der Waals surface area (Å²) in [6.07, 6.45) is -3.22. The number of aliphatic hydroxyl groups is 3. The van der Waals surface area contributed by atoms with E-state index >= 15 is 0 Å². The highest BCUT2D eigenvalue weighted by Crippen LogP contribution is 2.34. The smallest absolute Gasteiger partial charge is 0.204 e. The molecule has 5 atom stereocenters. The third-order valence-corrected chi connectivity index (χ3v) is 6.00. The Morgan fingerprint density at radius 2 is 1.94 bits per heavy atom. The number of halogens is 3. The Balaban J connectivity index is 1.87. The number of methoxy groups -OCH3 is 1. The van der Waals surface area contributed by atoms with Crippen molar-refractivity contribution in [3.8, 4) is 11.8 Å². The molecule has 0 saturated carbocycles. The monoisotopic (exact) mass is 512 g/mol. The highest BCUT2D eigenvalue weighted by Gasteiger charge is 2.45. The predicted octanol–water partition coefficient (Wildman–Crippen LogP) is 0.108. The van der Waals surface area contributed by atoms with Crippen LogP contribution in [0.25, 0.3) is 0 Å². The number of aliphatic hydroxyl groups excluding tert-OH is 3. The summed E-state index contributed by atoms with van der Waals surface area (Å²) in [5.41, 5.74) is -1.70. The SMILES string of the molecule is COc1cc(S[C@H]2OC(CO)[C@H](O)C(N=CC(=NN)c3cc(F)c(F)c(F)c3)[C@@H]2O)nnc1C#N. The molecule has 0 radical (unpaired) electrons. The zero-order chi connectivity index (χ0) is 25.7. The lowest BCUT2D eigenvalue weighted by atomic mass is 9.98. The maximum atomic E-state index is 13.6. The fourth-order valence-electron chi connectivity index (χ4n) is 3.15. The van der Waals surface area contributed by atoms with E-state index in [0.29, 0.717) is 12.1 Å². The molecule has 0 bridgehead atoms.